The second-order valence-corrected chi connectivity index (χ2v) is 4.48. The molecule has 4 nitrogen and oxygen atoms in total. The van der Waals surface area contributed by atoms with E-state index >= 15 is 0 Å². The monoisotopic (exact) mass is 260 g/mol. The number of hydrogen-bond donors (Lipinski definition) is 2. The van der Waals surface area contributed by atoms with Gasteiger partial charge in [0.25, 0.3) is 0 Å². The number of nitriles is 1. The average Bonchev–Trinajstić information content (AvgIpc) is 2.68. The van der Waals surface area contributed by atoms with Crippen molar-refractivity contribution in [2.45, 2.75) is 20.4 Å². The van der Waals surface area contributed by atoms with Gasteiger partial charge in [0.15, 0.2) is 0 Å². The molecule has 92 valence electrons. The molecule has 0 bridgehead atoms. The third-order valence-electron chi connectivity index (χ3n) is 2.83. The van der Waals surface area contributed by atoms with E-state index in [9.17, 15) is 0 Å². The minimum absolute atomic E-state index is 0.586. The van der Waals surface area contributed by atoms with Gasteiger partial charge in [-0.05, 0) is 32.0 Å². The number of aromatic amines is 1. The summed E-state index contributed by atoms with van der Waals surface area (Å²) in [5.74, 6) is 0. The van der Waals surface area contributed by atoms with Crippen molar-refractivity contribution in [3.05, 3.63) is 45.7 Å². The van der Waals surface area contributed by atoms with Crippen molar-refractivity contribution >= 4 is 17.3 Å². The second kappa shape index (κ2) is 5.11. The maximum Gasteiger partial charge on any atom is 0.0992 e. The molecule has 18 heavy (non-hydrogen) atoms. The molecule has 0 aliphatic rings. The number of benzene rings is 1. The van der Waals surface area contributed by atoms with Crippen LogP contribution < -0.4 is 5.32 Å². The number of aromatic nitrogens is 2. The first-order valence-corrected chi connectivity index (χ1v) is 5.93. The highest BCUT2D eigenvalue weighted by Crippen LogP contribution is 2.24. The lowest BCUT2D eigenvalue weighted by Gasteiger charge is -2.09. The van der Waals surface area contributed by atoms with Crippen molar-refractivity contribution in [1.82, 2.24) is 10.2 Å². The summed E-state index contributed by atoms with van der Waals surface area (Å²) in [6.45, 7) is 4.56. The molecule has 1 aromatic heterocycles. The Balaban J connectivity index is 2.18. The Bertz CT molecular complexity index is 590. The lowest BCUT2D eigenvalue weighted by molar-refractivity contribution is 1.02. The first-order chi connectivity index (χ1) is 8.61. The van der Waals surface area contributed by atoms with Gasteiger partial charge in [-0.25, -0.2) is 0 Å². The van der Waals surface area contributed by atoms with Gasteiger partial charge >= 0.3 is 0 Å². The Labute approximate surface area is 111 Å². The zero-order valence-corrected chi connectivity index (χ0v) is 11.0. The highest BCUT2D eigenvalue weighted by Gasteiger charge is 2.07. The molecular formula is C13H13ClN4. The van der Waals surface area contributed by atoms with Crippen molar-refractivity contribution in [3.63, 3.8) is 0 Å². The number of halogens is 1. The zero-order chi connectivity index (χ0) is 13.1. The summed E-state index contributed by atoms with van der Waals surface area (Å²) in [6.07, 6.45) is 0. The summed E-state index contributed by atoms with van der Waals surface area (Å²) >= 11 is 6.08. The summed E-state index contributed by atoms with van der Waals surface area (Å²) in [7, 11) is 0. The molecule has 1 heterocycles. The summed E-state index contributed by atoms with van der Waals surface area (Å²) in [5, 5.41) is 19.8. The number of nitrogens with one attached hydrogen (secondary N) is 2. The fraction of sp³-hybridized carbons (Fsp3) is 0.231. The van der Waals surface area contributed by atoms with Crippen molar-refractivity contribution in [1.29, 1.82) is 5.26 Å². The number of aryl methyl sites for hydroxylation is 2. The van der Waals surface area contributed by atoms with Gasteiger partial charge < -0.3 is 5.32 Å². The fourth-order valence-corrected chi connectivity index (χ4v) is 1.93. The smallest absolute Gasteiger partial charge is 0.0992 e. The summed E-state index contributed by atoms with van der Waals surface area (Å²) in [6, 6.07) is 7.25. The summed E-state index contributed by atoms with van der Waals surface area (Å²) in [4.78, 5) is 0. The maximum absolute atomic E-state index is 8.86. The Morgan fingerprint density at radius 2 is 2.22 bits per heavy atom. The molecule has 0 unspecified atom stereocenters. The van der Waals surface area contributed by atoms with E-state index < -0.39 is 0 Å². The van der Waals surface area contributed by atoms with Gasteiger partial charge in [0, 0.05) is 17.8 Å². The van der Waals surface area contributed by atoms with Crippen molar-refractivity contribution in [3.8, 4) is 6.07 Å². The molecule has 0 spiro atoms. The fourth-order valence-electron chi connectivity index (χ4n) is 1.75. The molecule has 2 N–H and O–H groups in total. The Kier molecular flexibility index (Phi) is 3.54. The molecule has 0 atom stereocenters. The van der Waals surface area contributed by atoms with E-state index in [0.29, 0.717) is 17.1 Å². The van der Waals surface area contributed by atoms with E-state index in [-0.39, 0.29) is 0 Å². The van der Waals surface area contributed by atoms with Crippen LogP contribution >= 0.6 is 11.6 Å². The molecule has 5 heteroatoms. The minimum Gasteiger partial charge on any atom is -0.380 e. The van der Waals surface area contributed by atoms with Gasteiger partial charge in [-0.3, -0.25) is 5.10 Å². The maximum atomic E-state index is 8.86. The van der Waals surface area contributed by atoms with Gasteiger partial charge in [0.05, 0.1) is 28.0 Å². The van der Waals surface area contributed by atoms with Crippen LogP contribution in [0.3, 0.4) is 0 Å². The number of H-pyrrole nitrogens is 1. The first-order valence-electron chi connectivity index (χ1n) is 5.55. The van der Waals surface area contributed by atoms with E-state index in [1.54, 1.807) is 18.2 Å². The highest BCUT2D eigenvalue weighted by atomic mass is 35.5. The van der Waals surface area contributed by atoms with Gasteiger partial charge in [-0.2, -0.15) is 10.4 Å². The number of rotatable bonds is 3. The largest absolute Gasteiger partial charge is 0.380 e. The molecule has 0 radical (unpaired) electrons. The Morgan fingerprint density at radius 3 is 2.83 bits per heavy atom. The van der Waals surface area contributed by atoms with Crippen molar-refractivity contribution < 1.29 is 0 Å². The van der Waals surface area contributed by atoms with Gasteiger partial charge in [0.1, 0.15) is 0 Å². The predicted octanol–water partition coefficient (Wildman–Crippen LogP) is 3.16. The van der Waals surface area contributed by atoms with Gasteiger partial charge in [-0.15, -0.1) is 0 Å². The first kappa shape index (κ1) is 12.5. The van der Waals surface area contributed by atoms with Crippen LogP contribution in [0.2, 0.25) is 5.02 Å². The highest BCUT2D eigenvalue weighted by molar-refractivity contribution is 6.33. The van der Waals surface area contributed by atoms with E-state index in [4.69, 9.17) is 16.9 Å². The third kappa shape index (κ3) is 2.47. The molecule has 0 aliphatic carbocycles. The predicted molar refractivity (Wildman–Crippen MR) is 71.6 cm³/mol. The molecule has 0 saturated carbocycles. The summed E-state index contributed by atoms with van der Waals surface area (Å²) < 4.78 is 0. The molecule has 0 saturated heterocycles. The van der Waals surface area contributed by atoms with Crippen LogP contribution in [0, 0.1) is 25.2 Å². The quantitative estimate of drug-likeness (QED) is 0.891. The van der Waals surface area contributed by atoms with E-state index in [0.717, 1.165) is 22.6 Å². The molecule has 2 aromatic rings. The number of hydrogen-bond acceptors (Lipinski definition) is 3. The van der Waals surface area contributed by atoms with Crippen LogP contribution in [-0.4, -0.2) is 10.2 Å². The minimum atomic E-state index is 0.586. The van der Waals surface area contributed by atoms with Crippen molar-refractivity contribution in [2.24, 2.45) is 0 Å². The van der Waals surface area contributed by atoms with Crippen LogP contribution in [0.25, 0.3) is 0 Å². The molecule has 2 rings (SSSR count). The zero-order valence-electron chi connectivity index (χ0n) is 10.2. The molecule has 1 aromatic carbocycles. The van der Waals surface area contributed by atoms with Gasteiger partial charge in [-0.1, -0.05) is 11.6 Å². The number of anilines is 1. The Morgan fingerprint density at radius 1 is 1.44 bits per heavy atom. The molecular weight excluding hydrogens is 248 g/mol. The molecule has 0 fully saturated rings. The molecule has 0 aliphatic heterocycles. The standard InChI is InChI=1S/C13H13ClN4/c1-8-11(9(2)18-17-8)7-16-13-5-10(6-15)3-4-12(13)14/h3-5,16H,7H2,1-2H3,(H,17,18). The van der Waals surface area contributed by atoms with E-state index in [2.05, 4.69) is 21.6 Å². The summed E-state index contributed by atoms with van der Waals surface area (Å²) in [5.41, 5.74) is 4.46. The van der Waals surface area contributed by atoms with Crippen LogP contribution in [0.5, 0.6) is 0 Å². The van der Waals surface area contributed by atoms with Crippen LogP contribution in [-0.2, 0) is 6.54 Å². The molecule has 0 amide bonds. The average molecular weight is 261 g/mol. The SMILES string of the molecule is Cc1n[nH]c(C)c1CNc1cc(C#N)ccc1Cl. The lowest BCUT2D eigenvalue weighted by Crippen LogP contribution is -2.02. The lowest BCUT2D eigenvalue weighted by atomic mass is 10.2. The second-order valence-electron chi connectivity index (χ2n) is 4.07. The Hall–Kier alpha value is -1.99. The van der Waals surface area contributed by atoms with Crippen LogP contribution in [0.15, 0.2) is 18.2 Å². The van der Waals surface area contributed by atoms with E-state index in [1.807, 2.05) is 13.8 Å². The van der Waals surface area contributed by atoms with E-state index in [1.165, 1.54) is 0 Å². The topological polar surface area (TPSA) is 64.5 Å². The van der Waals surface area contributed by atoms with Crippen LogP contribution in [0.1, 0.15) is 22.5 Å². The van der Waals surface area contributed by atoms with Gasteiger partial charge in [0.2, 0.25) is 0 Å². The number of nitrogens with zero attached hydrogens (tertiary/aromatic N) is 2. The third-order valence-corrected chi connectivity index (χ3v) is 3.16. The normalized spacial score (nSPS) is 10.1. The van der Waals surface area contributed by atoms with Crippen LogP contribution in [0.4, 0.5) is 5.69 Å². The van der Waals surface area contributed by atoms with Crippen molar-refractivity contribution in [2.75, 3.05) is 5.32 Å².